The standard InChI is InChI=1S/C21H20N2O/c1-2-6-19(21-12-11-17(24)14-23-21)16-8-5-7-15(13-16)18-9-3-4-10-20(18)22/h2-5,7-14,19,24H,1,6,22H2. The maximum absolute atomic E-state index is 9.47. The van der Waals surface area contributed by atoms with Gasteiger partial charge < -0.3 is 10.8 Å². The highest BCUT2D eigenvalue weighted by Crippen LogP contribution is 2.32. The number of anilines is 1. The summed E-state index contributed by atoms with van der Waals surface area (Å²) in [7, 11) is 0. The van der Waals surface area contributed by atoms with Gasteiger partial charge in [-0.2, -0.15) is 0 Å². The summed E-state index contributed by atoms with van der Waals surface area (Å²) in [6.45, 7) is 3.87. The number of hydrogen-bond donors (Lipinski definition) is 2. The molecule has 0 saturated heterocycles. The molecule has 1 unspecified atom stereocenters. The molecule has 0 amide bonds. The first-order valence-corrected chi connectivity index (χ1v) is 7.89. The molecule has 1 heterocycles. The number of aromatic hydroxyl groups is 1. The highest BCUT2D eigenvalue weighted by molar-refractivity contribution is 5.76. The molecule has 0 saturated carbocycles. The Bertz CT molecular complexity index is 840. The van der Waals surface area contributed by atoms with Gasteiger partial charge in [-0.3, -0.25) is 4.98 Å². The van der Waals surface area contributed by atoms with Crippen molar-refractivity contribution in [3.05, 3.63) is 90.8 Å². The van der Waals surface area contributed by atoms with E-state index >= 15 is 0 Å². The van der Waals surface area contributed by atoms with Gasteiger partial charge in [0.25, 0.3) is 0 Å². The quantitative estimate of drug-likeness (QED) is 0.528. The summed E-state index contributed by atoms with van der Waals surface area (Å²) >= 11 is 0. The molecule has 0 spiro atoms. The van der Waals surface area contributed by atoms with Gasteiger partial charge >= 0.3 is 0 Å². The van der Waals surface area contributed by atoms with Crippen LogP contribution in [0.3, 0.4) is 0 Å². The van der Waals surface area contributed by atoms with E-state index < -0.39 is 0 Å². The van der Waals surface area contributed by atoms with Crippen LogP contribution in [0.15, 0.2) is 79.5 Å². The minimum Gasteiger partial charge on any atom is -0.506 e. The molecule has 0 aliphatic heterocycles. The summed E-state index contributed by atoms with van der Waals surface area (Å²) in [5, 5.41) is 9.47. The molecule has 3 nitrogen and oxygen atoms in total. The number of pyridine rings is 1. The van der Waals surface area contributed by atoms with Crippen molar-refractivity contribution in [3.8, 4) is 16.9 Å². The zero-order chi connectivity index (χ0) is 16.9. The molecule has 1 atom stereocenters. The number of hydrogen-bond acceptors (Lipinski definition) is 3. The Morgan fingerprint density at radius 3 is 2.62 bits per heavy atom. The summed E-state index contributed by atoms with van der Waals surface area (Å²) in [5.74, 6) is 0.259. The van der Waals surface area contributed by atoms with Crippen molar-refractivity contribution in [3.63, 3.8) is 0 Å². The smallest absolute Gasteiger partial charge is 0.133 e. The lowest BCUT2D eigenvalue weighted by Gasteiger charge is -2.17. The first-order chi connectivity index (χ1) is 11.7. The van der Waals surface area contributed by atoms with Gasteiger partial charge in [-0.1, -0.05) is 48.5 Å². The Balaban J connectivity index is 2.03. The van der Waals surface area contributed by atoms with Crippen molar-refractivity contribution in [2.24, 2.45) is 0 Å². The van der Waals surface area contributed by atoms with E-state index in [0.717, 1.165) is 34.5 Å². The fourth-order valence-corrected chi connectivity index (χ4v) is 2.88. The van der Waals surface area contributed by atoms with E-state index in [4.69, 9.17) is 5.73 Å². The van der Waals surface area contributed by atoms with Crippen molar-refractivity contribution in [1.82, 2.24) is 4.98 Å². The first kappa shape index (κ1) is 15.8. The monoisotopic (exact) mass is 316 g/mol. The zero-order valence-corrected chi connectivity index (χ0v) is 13.4. The number of rotatable bonds is 5. The minimum absolute atomic E-state index is 0.0907. The highest BCUT2D eigenvalue weighted by atomic mass is 16.3. The normalized spacial score (nSPS) is 11.8. The molecule has 0 aliphatic rings. The third kappa shape index (κ3) is 3.30. The van der Waals surface area contributed by atoms with E-state index in [1.807, 2.05) is 42.5 Å². The largest absolute Gasteiger partial charge is 0.506 e. The van der Waals surface area contributed by atoms with Gasteiger partial charge in [0.15, 0.2) is 0 Å². The molecule has 0 fully saturated rings. The molecule has 3 rings (SSSR count). The molecule has 120 valence electrons. The molecule has 0 radical (unpaired) electrons. The Labute approximate surface area is 142 Å². The maximum Gasteiger partial charge on any atom is 0.133 e. The van der Waals surface area contributed by atoms with Crippen LogP contribution in [0.4, 0.5) is 5.69 Å². The number of benzene rings is 2. The number of para-hydroxylation sites is 1. The highest BCUT2D eigenvalue weighted by Gasteiger charge is 2.15. The molecule has 3 N–H and O–H groups in total. The predicted molar refractivity (Wildman–Crippen MR) is 98.8 cm³/mol. The lowest BCUT2D eigenvalue weighted by molar-refractivity contribution is 0.471. The van der Waals surface area contributed by atoms with Crippen LogP contribution in [0.5, 0.6) is 5.75 Å². The second kappa shape index (κ2) is 7.01. The molecular weight excluding hydrogens is 296 g/mol. The maximum atomic E-state index is 9.47. The lowest BCUT2D eigenvalue weighted by Crippen LogP contribution is -2.03. The molecule has 0 aliphatic carbocycles. The Hall–Kier alpha value is -3.07. The molecule has 1 aromatic heterocycles. The van der Waals surface area contributed by atoms with Gasteiger partial charge in [-0.25, -0.2) is 0 Å². The van der Waals surface area contributed by atoms with E-state index in [-0.39, 0.29) is 11.7 Å². The summed E-state index contributed by atoms with van der Waals surface area (Å²) in [6, 6.07) is 19.7. The van der Waals surface area contributed by atoms with Crippen LogP contribution < -0.4 is 5.73 Å². The van der Waals surface area contributed by atoms with E-state index in [0.29, 0.717) is 0 Å². The van der Waals surface area contributed by atoms with E-state index in [2.05, 4.69) is 29.8 Å². The summed E-state index contributed by atoms with van der Waals surface area (Å²) in [6.07, 6.45) is 4.14. The van der Waals surface area contributed by atoms with Crippen molar-refractivity contribution < 1.29 is 5.11 Å². The van der Waals surface area contributed by atoms with Gasteiger partial charge in [0.1, 0.15) is 5.75 Å². The average molecular weight is 316 g/mol. The van der Waals surface area contributed by atoms with Gasteiger partial charge in [0.2, 0.25) is 0 Å². The van der Waals surface area contributed by atoms with Crippen molar-refractivity contribution in [2.45, 2.75) is 12.3 Å². The zero-order valence-electron chi connectivity index (χ0n) is 13.4. The third-order valence-corrected chi connectivity index (χ3v) is 4.09. The lowest BCUT2D eigenvalue weighted by atomic mass is 9.89. The van der Waals surface area contributed by atoms with E-state index in [9.17, 15) is 5.11 Å². The molecule has 3 heteroatoms. The summed E-state index contributed by atoms with van der Waals surface area (Å²) < 4.78 is 0. The SMILES string of the molecule is C=CCC(c1cccc(-c2ccccc2N)c1)c1ccc(O)cn1. The second-order valence-corrected chi connectivity index (χ2v) is 5.73. The molecule has 24 heavy (non-hydrogen) atoms. The van der Waals surface area contributed by atoms with Crippen LogP contribution in [-0.4, -0.2) is 10.1 Å². The van der Waals surface area contributed by atoms with Gasteiger partial charge in [-0.15, -0.1) is 6.58 Å². The number of nitrogen functional groups attached to an aromatic ring is 1. The van der Waals surface area contributed by atoms with Crippen LogP contribution in [0.2, 0.25) is 0 Å². The predicted octanol–water partition coefficient (Wildman–Crippen LogP) is 4.74. The van der Waals surface area contributed by atoms with Crippen molar-refractivity contribution in [1.29, 1.82) is 0 Å². The topological polar surface area (TPSA) is 59.1 Å². The fraction of sp³-hybridized carbons (Fsp3) is 0.0952. The number of nitrogens with two attached hydrogens (primary N) is 1. The van der Waals surface area contributed by atoms with Crippen molar-refractivity contribution in [2.75, 3.05) is 5.73 Å². The molecule has 3 aromatic rings. The van der Waals surface area contributed by atoms with Crippen LogP contribution in [0, 0.1) is 0 Å². The first-order valence-electron chi connectivity index (χ1n) is 7.89. The summed E-state index contributed by atoms with van der Waals surface area (Å²) in [4.78, 5) is 4.37. The molecule has 2 aromatic carbocycles. The van der Waals surface area contributed by atoms with E-state index in [1.54, 1.807) is 6.07 Å². The average Bonchev–Trinajstić information content (AvgIpc) is 2.61. The van der Waals surface area contributed by atoms with Gasteiger partial charge in [-0.05, 0) is 35.7 Å². The molecule has 0 bridgehead atoms. The number of aromatic nitrogens is 1. The second-order valence-electron chi connectivity index (χ2n) is 5.73. The van der Waals surface area contributed by atoms with Crippen LogP contribution >= 0.6 is 0 Å². The Morgan fingerprint density at radius 2 is 1.92 bits per heavy atom. The number of allylic oxidation sites excluding steroid dienone is 1. The Morgan fingerprint density at radius 1 is 1.08 bits per heavy atom. The Kier molecular flexibility index (Phi) is 4.62. The fourth-order valence-electron chi connectivity index (χ4n) is 2.88. The molecular formula is C21H20N2O. The van der Waals surface area contributed by atoms with Crippen LogP contribution in [0.1, 0.15) is 23.6 Å². The van der Waals surface area contributed by atoms with Crippen molar-refractivity contribution >= 4 is 5.69 Å². The van der Waals surface area contributed by atoms with Crippen LogP contribution in [0.25, 0.3) is 11.1 Å². The van der Waals surface area contributed by atoms with E-state index in [1.165, 1.54) is 6.20 Å². The van der Waals surface area contributed by atoms with Gasteiger partial charge in [0, 0.05) is 22.9 Å². The van der Waals surface area contributed by atoms with Crippen LogP contribution in [-0.2, 0) is 0 Å². The summed E-state index contributed by atoms with van der Waals surface area (Å²) in [5.41, 5.74) is 11.0. The third-order valence-electron chi connectivity index (χ3n) is 4.09. The van der Waals surface area contributed by atoms with Gasteiger partial charge in [0.05, 0.1) is 6.20 Å². The number of nitrogens with zero attached hydrogens (tertiary/aromatic N) is 1. The minimum atomic E-state index is 0.0907.